The van der Waals surface area contributed by atoms with E-state index >= 15 is 0 Å². The molecule has 2 aromatic rings. The van der Waals surface area contributed by atoms with Crippen LogP contribution in [-0.2, 0) is 27.9 Å². The summed E-state index contributed by atoms with van der Waals surface area (Å²) < 4.78 is 27.6. The number of hydrogen-bond acceptors (Lipinski definition) is 4. The average molecular weight is 334 g/mol. The maximum Gasteiger partial charge on any atom is 0.251 e. The number of hydrogen-bond donors (Lipinski definition) is 2. The van der Waals surface area contributed by atoms with Gasteiger partial charge in [0, 0.05) is 19.2 Å². The summed E-state index contributed by atoms with van der Waals surface area (Å²) in [6.45, 7) is 0.699. The molecule has 3 N–H and O–H groups in total. The van der Waals surface area contributed by atoms with Crippen LogP contribution < -0.4 is 10.5 Å². The minimum atomic E-state index is -3.75. The molecule has 0 aromatic heterocycles. The van der Waals surface area contributed by atoms with Crippen LogP contribution in [0.2, 0.25) is 0 Å². The van der Waals surface area contributed by atoms with Gasteiger partial charge in [-0.25, -0.2) is 13.6 Å². The van der Waals surface area contributed by atoms with Crippen LogP contribution in [0.25, 0.3) is 0 Å². The standard InChI is InChI=1S/C16H18N2O4S/c1-22-11-12-5-7-14(8-6-12)16(19)18-10-13-3-2-4-15(9-13)23(17,20)21/h2-9H,10-11H2,1H3,(H,18,19)(H2,17,20,21). The molecule has 0 saturated carbocycles. The lowest BCUT2D eigenvalue weighted by molar-refractivity contribution is 0.0951. The van der Waals surface area contributed by atoms with E-state index in [1.807, 2.05) is 12.1 Å². The molecule has 0 heterocycles. The number of benzene rings is 2. The predicted octanol–water partition coefficient (Wildman–Crippen LogP) is 1.41. The highest BCUT2D eigenvalue weighted by Crippen LogP contribution is 2.10. The van der Waals surface area contributed by atoms with Crippen LogP contribution in [0.15, 0.2) is 53.4 Å². The summed E-state index contributed by atoms with van der Waals surface area (Å²) in [4.78, 5) is 12.1. The molecule has 122 valence electrons. The normalized spacial score (nSPS) is 11.2. The summed E-state index contributed by atoms with van der Waals surface area (Å²) >= 11 is 0. The number of methoxy groups -OCH3 is 1. The Labute approximate surface area is 135 Å². The molecule has 0 aliphatic heterocycles. The van der Waals surface area contributed by atoms with E-state index in [0.29, 0.717) is 17.7 Å². The first kappa shape index (κ1) is 17.1. The number of carbonyl (C=O) groups excluding carboxylic acids is 1. The van der Waals surface area contributed by atoms with Crippen LogP contribution in [0.5, 0.6) is 0 Å². The number of carbonyl (C=O) groups is 1. The second-order valence-electron chi connectivity index (χ2n) is 5.01. The van der Waals surface area contributed by atoms with Gasteiger partial charge in [-0.1, -0.05) is 24.3 Å². The number of amides is 1. The smallest absolute Gasteiger partial charge is 0.251 e. The summed E-state index contributed by atoms with van der Waals surface area (Å²) in [6.07, 6.45) is 0. The fourth-order valence-electron chi connectivity index (χ4n) is 2.04. The van der Waals surface area contributed by atoms with Gasteiger partial charge < -0.3 is 10.1 Å². The second-order valence-corrected chi connectivity index (χ2v) is 6.57. The summed E-state index contributed by atoms with van der Waals surface area (Å²) in [7, 11) is -2.14. The van der Waals surface area contributed by atoms with E-state index in [1.54, 1.807) is 31.4 Å². The highest BCUT2D eigenvalue weighted by atomic mass is 32.2. The largest absolute Gasteiger partial charge is 0.380 e. The molecular formula is C16H18N2O4S. The van der Waals surface area contributed by atoms with Gasteiger partial charge in [-0.3, -0.25) is 4.79 Å². The van der Waals surface area contributed by atoms with Crippen LogP contribution in [-0.4, -0.2) is 21.4 Å². The van der Waals surface area contributed by atoms with Crippen molar-refractivity contribution in [3.8, 4) is 0 Å². The molecule has 23 heavy (non-hydrogen) atoms. The first-order valence-corrected chi connectivity index (χ1v) is 8.42. The Kier molecular flexibility index (Phi) is 5.49. The van der Waals surface area contributed by atoms with Crippen LogP contribution in [0, 0.1) is 0 Å². The van der Waals surface area contributed by atoms with E-state index in [9.17, 15) is 13.2 Å². The van der Waals surface area contributed by atoms with Gasteiger partial charge in [0.2, 0.25) is 10.0 Å². The molecule has 6 nitrogen and oxygen atoms in total. The molecule has 7 heteroatoms. The highest BCUT2D eigenvalue weighted by molar-refractivity contribution is 7.89. The number of nitrogens with one attached hydrogen (secondary N) is 1. The first-order chi connectivity index (χ1) is 10.9. The van der Waals surface area contributed by atoms with Crippen molar-refractivity contribution in [1.29, 1.82) is 0 Å². The zero-order chi connectivity index (χ0) is 16.9. The Balaban J connectivity index is 2.01. The molecule has 0 fully saturated rings. The summed E-state index contributed by atoms with van der Waals surface area (Å²) in [5.41, 5.74) is 2.15. The van der Waals surface area contributed by atoms with Crippen LogP contribution >= 0.6 is 0 Å². The van der Waals surface area contributed by atoms with Gasteiger partial charge in [0.05, 0.1) is 11.5 Å². The second kappa shape index (κ2) is 7.36. The van der Waals surface area contributed by atoms with E-state index in [2.05, 4.69) is 5.32 Å². The SMILES string of the molecule is COCc1ccc(C(=O)NCc2cccc(S(N)(=O)=O)c2)cc1. The van der Waals surface area contributed by atoms with Crippen molar-refractivity contribution >= 4 is 15.9 Å². The Morgan fingerprint density at radius 3 is 2.43 bits per heavy atom. The van der Waals surface area contributed by atoms with E-state index in [4.69, 9.17) is 9.88 Å². The Hall–Kier alpha value is -2.22. The van der Waals surface area contributed by atoms with Crippen molar-refractivity contribution in [2.45, 2.75) is 18.0 Å². The number of rotatable bonds is 6. The fourth-order valence-corrected chi connectivity index (χ4v) is 2.62. The van der Waals surface area contributed by atoms with Crippen molar-refractivity contribution in [3.05, 3.63) is 65.2 Å². The van der Waals surface area contributed by atoms with Crippen molar-refractivity contribution in [2.24, 2.45) is 5.14 Å². The molecule has 0 unspecified atom stereocenters. The number of primary sulfonamides is 1. The van der Waals surface area contributed by atoms with Crippen LogP contribution in [0.3, 0.4) is 0 Å². The third-order valence-corrected chi connectivity index (χ3v) is 4.12. The van der Waals surface area contributed by atoms with Gasteiger partial charge in [0.1, 0.15) is 0 Å². The third kappa shape index (κ3) is 4.88. The molecule has 0 atom stereocenters. The monoisotopic (exact) mass is 334 g/mol. The van der Waals surface area contributed by atoms with E-state index in [1.165, 1.54) is 12.1 Å². The first-order valence-electron chi connectivity index (χ1n) is 6.88. The van der Waals surface area contributed by atoms with E-state index in [-0.39, 0.29) is 17.3 Å². The molecule has 2 rings (SSSR count). The van der Waals surface area contributed by atoms with Gasteiger partial charge in [-0.05, 0) is 35.4 Å². The molecule has 0 radical (unpaired) electrons. The summed E-state index contributed by atoms with van der Waals surface area (Å²) in [5.74, 6) is -0.241. The topological polar surface area (TPSA) is 98.5 Å². The quantitative estimate of drug-likeness (QED) is 0.834. The van der Waals surface area contributed by atoms with Gasteiger partial charge >= 0.3 is 0 Å². The number of ether oxygens (including phenoxy) is 1. The molecule has 0 bridgehead atoms. The number of sulfonamides is 1. The summed E-state index contributed by atoms with van der Waals surface area (Å²) in [6, 6.07) is 13.2. The highest BCUT2D eigenvalue weighted by Gasteiger charge is 2.09. The Morgan fingerprint density at radius 1 is 1.13 bits per heavy atom. The molecule has 0 aliphatic rings. The van der Waals surface area contributed by atoms with Gasteiger partial charge in [-0.15, -0.1) is 0 Å². The molecule has 2 aromatic carbocycles. The van der Waals surface area contributed by atoms with E-state index in [0.717, 1.165) is 5.56 Å². The molecule has 0 saturated heterocycles. The van der Waals surface area contributed by atoms with Crippen LogP contribution in [0.4, 0.5) is 0 Å². The average Bonchev–Trinajstić information content (AvgIpc) is 2.53. The fraction of sp³-hybridized carbons (Fsp3) is 0.188. The lowest BCUT2D eigenvalue weighted by Gasteiger charge is -2.07. The van der Waals surface area contributed by atoms with Crippen molar-refractivity contribution in [2.75, 3.05) is 7.11 Å². The zero-order valence-corrected chi connectivity index (χ0v) is 13.5. The van der Waals surface area contributed by atoms with Crippen molar-refractivity contribution in [1.82, 2.24) is 5.32 Å². The molecule has 0 spiro atoms. The Morgan fingerprint density at radius 2 is 1.83 bits per heavy atom. The summed E-state index contributed by atoms with van der Waals surface area (Å²) in [5, 5.41) is 7.83. The van der Waals surface area contributed by atoms with Crippen molar-refractivity contribution in [3.63, 3.8) is 0 Å². The molecule has 1 amide bonds. The molecular weight excluding hydrogens is 316 g/mol. The number of nitrogens with two attached hydrogens (primary N) is 1. The minimum absolute atomic E-state index is 0.0215. The van der Waals surface area contributed by atoms with Crippen LogP contribution in [0.1, 0.15) is 21.5 Å². The lowest BCUT2D eigenvalue weighted by atomic mass is 10.1. The van der Waals surface area contributed by atoms with E-state index < -0.39 is 10.0 Å². The third-order valence-electron chi connectivity index (χ3n) is 3.21. The maximum atomic E-state index is 12.1. The maximum absolute atomic E-state index is 12.1. The van der Waals surface area contributed by atoms with Gasteiger partial charge in [0.15, 0.2) is 0 Å². The molecule has 0 aliphatic carbocycles. The van der Waals surface area contributed by atoms with Crippen molar-refractivity contribution < 1.29 is 17.9 Å². The van der Waals surface area contributed by atoms with Gasteiger partial charge in [-0.2, -0.15) is 0 Å². The zero-order valence-electron chi connectivity index (χ0n) is 12.7. The predicted molar refractivity (Wildman–Crippen MR) is 86.1 cm³/mol. The Bertz CT molecular complexity index is 786. The van der Waals surface area contributed by atoms with Gasteiger partial charge in [0.25, 0.3) is 5.91 Å². The lowest BCUT2D eigenvalue weighted by Crippen LogP contribution is -2.23. The minimum Gasteiger partial charge on any atom is -0.380 e.